The molecule has 4 rings (SSSR count). The van der Waals surface area contributed by atoms with Crippen LogP contribution in [0.2, 0.25) is 0 Å². The summed E-state index contributed by atoms with van der Waals surface area (Å²) in [6, 6.07) is 5.03. The average molecular weight is 524 g/mol. The summed E-state index contributed by atoms with van der Waals surface area (Å²) in [5.41, 5.74) is 6.44. The van der Waals surface area contributed by atoms with Gasteiger partial charge in [0.25, 0.3) is 17.6 Å². The molecule has 2 amide bonds. The maximum absolute atomic E-state index is 12.9. The number of fused-ring (bicyclic) bond motifs is 1. The van der Waals surface area contributed by atoms with E-state index >= 15 is 0 Å². The molecule has 16 heteroatoms. The zero-order valence-electron chi connectivity index (χ0n) is 17.8. The van der Waals surface area contributed by atoms with Crippen LogP contribution < -0.4 is 25.4 Å². The highest BCUT2D eigenvalue weighted by molar-refractivity contribution is 8.00. The van der Waals surface area contributed by atoms with Gasteiger partial charge in [-0.05, 0) is 6.92 Å². The maximum Gasteiger partial charge on any atom is 0.398 e. The van der Waals surface area contributed by atoms with Gasteiger partial charge >= 0.3 is 16.0 Å². The number of hydrogen-bond donors (Lipinski definition) is 2. The van der Waals surface area contributed by atoms with Crippen LogP contribution in [0.3, 0.4) is 0 Å². The summed E-state index contributed by atoms with van der Waals surface area (Å²) >= 11 is 1.54. The minimum Gasteiger partial charge on any atom is -0.610 e. The number of nitrogens with one attached hydrogen (secondary N) is 1. The summed E-state index contributed by atoms with van der Waals surface area (Å²) < 4.78 is 9.34. The van der Waals surface area contributed by atoms with Crippen molar-refractivity contribution in [3.8, 4) is 0 Å². The van der Waals surface area contributed by atoms with Crippen molar-refractivity contribution in [3.05, 3.63) is 48.2 Å². The van der Waals surface area contributed by atoms with Gasteiger partial charge in [0, 0.05) is 34.0 Å². The number of rotatable bonds is 8. The smallest absolute Gasteiger partial charge is 0.398 e. The number of carbonyl (C=O) groups excluding carboxylic acids is 2. The highest BCUT2D eigenvalue weighted by Crippen LogP contribution is 2.36. The van der Waals surface area contributed by atoms with E-state index in [1.54, 1.807) is 23.6 Å². The second-order valence-corrected chi connectivity index (χ2v) is 10.4. The lowest BCUT2D eigenvalue weighted by Gasteiger charge is -2.47. The van der Waals surface area contributed by atoms with Gasteiger partial charge in [0.1, 0.15) is 18.0 Å². The molecule has 0 spiro atoms. The molecule has 13 nitrogen and oxygen atoms in total. The van der Waals surface area contributed by atoms with Crippen molar-refractivity contribution in [3.63, 3.8) is 0 Å². The van der Waals surface area contributed by atoms with E-state index in [1.807, 2.05) is 41.4 Å². The van der Waals surface area contributed by atoms with Crippen LogP contribution in [0.4, 0.5) is 5.13 Å². The quantitative estimate of drug-likeness (QED) is 0.107. The first kappa shape index (κ1) is 24.2. The maximum atomic E-state index is 12.9. The lowest BCUT2D eigenvalue weighted by molar-refractivity contribution is -0.689. The van der Waals surface area contributed by atoms with Crippen molar-refractivity contribution in [2.24, 2.45) is 9.31 Å². The fourth-order valence-electron chi connectivity index (χ4n) is 3.26. The largest absolute Gasteiger partial charge is 0.610 e. The Bertz CT molecular complexity index is 1180. The van der Waals surface area contributed by atoms with Crippen LogP contribution in [0, 0.1) is 0 Å². The van der Waals surface area contributed by atoms with Crippen molar-refractivity contribution >= 4 is 53.4 Å². The molecule has 2 aliphatic rings. The number of nitrogens with two attached hydrogens (primary N) is 1. The van der Waals surface area contributed by atoms with Gasteiger partial charge < -0.3 is 30.6 Å². The van der Waals surface area contributed by atoms with Crippen molar-refractivity contribution in [1.29, 1.82) is 0 Å². The molecule has 2 aromatic heterocycles. The summed E-state index contributed by atoms with van der Waals surface area (Å²) in [5.74, 6) is -0.511. The number of oxime groups is 1. The van der Waals surface area contributed by atoms with Crippen LogP contribution in [0.25, 0.3) is 0 Å². The highest BCUT2D eigenvalue weighted by atomic mass is 32.2. The van der Waals surface area contributed by atoms with Gasteiger partial charge in [-0.15, -0.1) is 16.7 Å². The molecule has 2 aromatic rings. The van der Waals surface area contributed by atoms with E-state index in [-0.39, 0.29) is 34.6 Å². The molecule has 1 saturated heterocycles. The first-order valence-electron chi connectivity index (χ1n) is 9.99. The molecule has 0 saturated carbocycles. The third kappa shape index (κ3) is 5.23. The third-order valence-electron chi connectivity index (χ3n) is 4.72. The van der Waals surface area contributed by atoms with Gasteiger partial charge in [-0.1, -0.05) is 11.2 Å². The molecule has 0 radical (unpaired) electrons. The predicted molar refractivity (Wildman–Crippen MR) is 122 cm³/mol. The predicted octanol–water partition coefficient (Wildman–Crippen LogP) is -1.20. The van der Waals surface area contributed by atoms with E-state index in [2.05, 4.69) is 24.0 Å². The molecule has 0 aromatic carbocycles. The number of nitrogen functional groups attached to an aromatic ring is 1. The molecule has 3 N–H and O–H groups in total. The normalized spacial score (nSPS) is 20.1. The Morgan fingerprint density at radius 1 is 1.44 bits per heavy atom. The van der Waals surface area contributed by atoms with Crippen LogP contribution >= 0.6 is 30.8 Å². The van der Waals surface area contributed by atoms with Crippen LogP contribution in [-0.4, -0.2) is 55.6 Å². The molecular formula is C18H20N8O5PS2+. The summed E-state index contributed by atoms with van der Waals surface area (Å²) in [7, 11) is -4.68. The van der Waals surface area contributed by atoms with E-state index in [0.29, 0.717) is 12.3 Å². The van der Waals surface area contributed by atoms with Crippen molar-refractivity contribution < 1.29 is 28.8 Å². The second kappa shape index (κ2) is 10.5. The van der Waals surface area contributed by atoms with Crippen molar-refractivity contribution in [2.45, 2.75) is 24.9 Å². The Hall–Kier alpha value is -2.97. The molecule has 2 unspecified atom stereocenters. The topological polar surface area (TPSA) is 185 Å². The van der Waals surface area contributed by atoms with Gasteiger partial charge in [0.15, 0.2) is 31.3 Å². The fraction of sp³-hybridized carbons (Fsp3) is 0.333. The molecule has 3 atom stereocenters. The molecule has 0 aliphatic carbocycles. The van der Waals surface area contributed by atoms with Gasteiger partial charge in [-0.25, -0.2) is 4.57 Å². The Labute approximate surface area is 202 Å². The van der Waals surface area contributed by atoms with Crippen LogP contribution in [0.15, 0.2) is 51.7 Å². The van der Waals surface area contributed by atoms with E-state index in [9.17, 15) is 19.4 Å². The van der Waals surface area contributed by atoms with E-state index < -0.39 is 31.0 Å². The highest BCUT2D eigenvalue weighted by Gasteiger charge is 2.50. The lowest BCUT2D eigenvalue weighted by atomic mass is 10.1. The van der Waals surface area contributed by atoms with Gasteiger partial charge in [0.2, 0.25) is 5.71 Å². The number of thioether (sulfide) groups is 1. The Balaban J connectivity index is 1.46. The zero-order valence-corrected chi connectivity index (χ0v) is 20.3. The second-order valence-electron chi connectivity index (χ2n) is 7.04. The first-order chi connectivity index (χ1) is 16.4. The van der Waals surface area contributed by atoms with Crippen LogP contribution in [-0.2, 0) is 21.0 Å². The monoisotopic (exact) mass is 523 g/mol. The van der Waals surface area contributed by atoms with E-state index in [1.165, 1.54) is 0 Å². The van der Waals surface area contributed by atoms with E-state index in [4.69, 9.17) is 10.6 Å². The summed E-state index contributed by atoms with van der Waals surface area (Å²) in [5, 5.41) is 5.97. The van der Waals surface area contributed by atoms with Crippen molar-refractivity contribution in [2.75, 3.05) is 18.1 Å². The number of anilines is 1. The molecule has 2 aliphatic heterocycles. The van der Waals surface area contributed by atoms with Gasteiger partial charge in [-0.3, -0.25) is 9.59 Å². The van der Waals surface area contributed by atoms with Crippen LogP contribution in [0.5, 0.6) is 0 Å². The number of aromatic nitrogens is 3. The van der Waals surface area contributed by atoms with E-state index in [0.717, 1.165) is 5.57 Å². The number of pyridine rings is 1. The Morgan fingerprint density at radius 2 is 2.21 bits per heavy atom. The number of carbonyl (C=O) groups is 2. The number of hydrogen-bond acceptors (Lipinski definition) is 11. The standard InChI is InChI=1S/C18H19N8O5PS2/c1-2-31-22-12(14-21-18(19)34(23-14)24-32(29)30)15(27)20-13-16(28)26-9-11(10-33-17(13)26)8-25-6-4-3-5-7-25/h3-7,9,13,17H,2,8,10H2,1H3,(H2-2,19,20,21,23,24,27,29,30)/p+1/t13?,17-,34?/m1/s1. The summed E-state index contributed by atoms with van der Waals surface area (Å²) in [6.45, 7) is 2.49. The van der Waals surface area contributed by atoms with Gasteiger partial charge in [-0.2, -0.15) is 0 Å². The molecule has 4 heterocycles. The molecule has 1 fully saturated rings. The average Bonchev–Trinajstić information content (AvgIpc) is 3.17. The molecule has 178 valence electrons. The Kier molecular flexibility index (Phi) is 7.48. The third-order valence-corrected chi connectivity index (χ3v) is 8.06. The first-order valence-corrected chi connectivity index (χ1v) is 13.3. The zero-order chi connectivity index (χ0) is 24.2. The Morgan fingerprint density at radius 3 is 2.91 bits per heavy atom. The molecule has 0 bridgehead atoms. The van der Waals surface area contributed by atoms with Crippen molar-refractivity contribution in [1.82, 2.24) is 19.6 Å². The number of amides is 2. The molecular weight excluding hydrogens is 503 g/mol. The summed E-state index contributed by atoms with van der Waals surface area (Å²) in [4.78, 5) is 57.9. The SMILES string of the molecule is CCON=C(C(=O)NC1C(=O)N2C=C(C[n+]3ccccc3)CS[C@H]12)c1nc(N)[s+](N=[P+]([O-])[O-])n1. The molecule has 34 heavy (non-hydrogen) atoms. The minimum atomic E-state index is -3.11. The lowest BCUT2D eigenvalue weighted by Crippen LogP contribution is -2.69. The minimum absolute atomic E-state index is 0.160. The van der Waals surface area contributed by atoms with Crippen LogP contribution in [0.1, 0.15) is 12.7 Å². The number of nitrogens with zero attached hydrogens (tertiary/aromatic N) is 6. The summed E-state index contributed by atoms with van der Waals surface area (Å²) in [6.07, 6.45) is 5.73. The number of β-lactam (4-membered cyclic amide) rings is 1. The fourth-order valence-corrected chi connectivity index (χ4v) is 6.05. The van der Waals surface area contributed by atoms with Gasteiger partial charge in [0.05, 0.1) is 0 Å².